The van der Waals surface area contributed by atoms with E-state index in [0.29, 0.717) is 5.56 Å². The molecule has 2 aromatic heterocycles. The number of hydrogen-bond donors (Lipinski definition) is 3. The minimum absolute atomic E-state index is 0.156. The molecular formula is C25H25N3O2. The lowest BCUT2D eigenvalue weighted by Crippen LogP contribution is -2.30. The SMILES string of the molecule is CCCc1ccnc2[nH]cc(-c3ccc(C(=O)N[C@@H](CO)c4ccccc4)cc3)c12. The highest BCUT2D eigenvalue weighted by atomic mass is 16.3. The summed E-state index contributed by atoms with van der Waals surface area (Å²) in [6.07, 6.45) is 5.87. The Balaban J connectivity index is 1.57. The van der Waals surface area contributed by atoms with Gasteiger partial charge in [-0.2, -0.15) is 0 Å². The van der Waals surface area contributed by atoms with Crippen molar-refractivity contribution in [2.24, 2.45) is 0 Å². The van der Waals surface area contributed by atoms with Crippen molar-refractivity contribution in [1.82, 2.24) is 15.3 Å². The molecule has 0 saturated carbocycles. The van der Waals surface area contributed by atoms with Crippen molar-refractivity contribution >= 4 is 16.9 Å². The molecule has 0 spiro atoms. The van der Waals surface area contributed by atoms with Gasteiger partial charge in [0.05, 0.1) is 12.6 Å². The van der Waals surface area contributed by atoms with Gasteiger partial charge in [0.1, 0.15) is 5.65 Å². The number of amides is 1. The quantitative estimate of drug-likeness (QED) is 0.423. The van der Waals surface area contributed by atoms with Crippen molar-refractivity contribution in [1.29, 1.82) is 0 Å². The van der Waals surface area contributed by atoms with Crippen LogP contribution in [0.4, 0.5) is 0 Å². The van der Waals surface area contributed by atoms with Gasteiger partial charge < -0.3 is 15.4 Å². The summed E-state index contributed by atoms with van der Waals surface area (Å²) in [7, 11) is 0. The van der Waals surface area contributed by atoms with E-state index < -0.39 is 6.04 Å². The van der Waals surface area contributed by atoms with Crippen LogP contribution in [0, 0.1) is 0 Å². The molecule has 0 bridgehead atoms. The van der Waals surface area contributed by atoms with Gasteiger partial charge in [0.15, 0.2) is 0 Å². The highest BCUT2D eigenvalue weighted by Crippen LogP contribution is 2.31. The summed E-state index contributed by atoms with van der Waals surface area (Å²) in [5.74, 6) is -0.211. The van der Waals surface area contributed by atoms with E-state index in [0.717, 1.165) is 40.6 Å². The summed E-state index contributed by atoms with van der Waals surface area (Å²) < 4.78 is 0. The summed E-state index contributed by atoms with van der Waals surface area (Å²) in [6.45, 7) is 2.01. The first-order chi connectivity index (χ1) is 14.7. The van der Waals surface area contributed by atoms with Gasteiger partial charge in [0.25, 0.3) is 5.91 Å². The average Bonchev–Trinajstić information content (AvgIpc) is 3.23. The summed E-state index contributed by atoms with van der Waals surface area (Å²) >= 11 is 0. The fourth-order valence-electron chi connectivity index (χ4n) is 3.79. The molecular weight excluding hydrogens is 374 g/mol. The Kier molecular flexibility index (Phi) is 5.91. The minimum Gasteiger partial charge on any atom is -0.394 e. The lowest BCUT2D eigenvalue weighted by atomic mass is 9.99. The molecule has 0 unspecified atom stereocenters. The van der Waals surface area contributed by atoms with E-state index in [2.05, 4.69) is 28.3 Å². The first kappa shape index (κ1) is 19.9. The van der Waals surface area contributed by atoms with E-state index in [1.165, 1.54) is 5.56 Å². The maximum absolute atomic E-state index is 12.7. The van der Waals surface area contributed by atoms with Crippen molar-refractivity contribution < 1.29 is 9.90 Å². The topological polar surface area (TPSA) is 78.0 Å². The number of benzene rings is 2. The second-order valence-electron chi connectivity index (χ2n) is 7.34. The Labute approximate surface area is 175 Å². The van der Waals surface area contributed by atoms with Crippen LogP contribution in [-0.2, 0) is 6.42 Å². The van der Waals surface area contributed by atoms with E-state index >= 15 is 0 Å². The first-order valence-corrected chi connectivity index (χ1v) is 10.2. The minimum atomic E-state index is -0.435. The van der Waals surface area contributed by atoms with E-state index in [9.17, 15) is 9.90 Å². The monoisotopic (exact) mass is 399 g/mol. The van der Waals surface area contributed by atoms with Crippen LogP contribution in [0.1, 0.15) is 40.9 Å². The molecule has 4 rings (SSSR count). The van der Waals surface area contributed by atoms with Crippen LogP contribution in [0.5, 0.6) is 0 Å². The number of H-pyrrole nitrogens is 1. The third-order valence-electron chi connectivity index (χ3n) is 5.33. The number of carbonyl (C=O) groups excluding carboxylic acids is 1. The highest BCUT2D eigenvalue weighted by Gasteiger charge is 2.16. The smallest absolute Gasteiger partial charge is 0.251 e. The summed E-state index contributed by atoms with van der Waals surface area (Å²) in [6, 6.07) is 18.7. The normalized spacial score (nSPS) is 12.1. The van der Waals surface area contributed by atoms with E-state index in [4.69, 9.17) is 0 Å². The molecule has 30 heavy (non-hydrogen) atoms. The lowest BCUT2D eigenvalue weighted by molar-refractivity contribution is 0.0916. The van der Waals surface area contributed by atoms with Gasteiger partial charge in [-0.05, 0) is 41.3 Å². The molecule has 3 N–H and O–H groups in total. The molecule has 152 valence electrons. The van der Waals surface area contributed by atoms with Gasteiger partial charge >= 0.3 is 0 Å². The van der Waals surface area contributed by atoms with Crippen LogP contribution >= 0.6 is 0 Å². The van der Waals surface area contributed by atoms with Crippen LogP contribution in [0.15, 0.2) is 73.1 Å². The van der Waals surface area contributed by atoms with Gasteiger partial charge in [-0.15, -0.1) is 0 Å². The van der Waals surface area contributed by atoms with Crippen molar-refractivity contribution in [3.63, 3.8) is 0 Å². The van der Waals surface area contributed by atoms with Gasteiger partial charge in [-0.3, -0.25) is 4.79 Å². The maximum atomic E-state index is 12.7. The predicted molar refractivity (Wildman–Crippen MR) is 119 cm³/mol. The molecule has 1 amide bonds. The van der Waals surface area contributed by atoms with Crippen LogP contribution in [0.25, 0.3) is 22.2 Å². The number of hydrogen-bond acceptors (Lipinski definition) is 3. The molecule has 0 saturated heterocycles. The third-order valence-corrected chi connectivity index (χ3v) is 5.33. The Morgan fingerprint density at radius 3 is 2.57 bits per heavy atom. The standard InChI is InChI=1S/C25H25N3O2/c1-2-6-19-13-14-26-24-23(19)21(15-27-24)17-9-11-20(12-10-17)25(30)28-22(16-29)18-7-4-3-5-8-18/h3-5,7-15,22,29H,2,6,16H2,1H3,(H,26,27)(H,28,30)/t22-/m0/s1. The molecule has 0 radical (unpaired) electrons. The Morgan fingerprint density at radius 2 is 1.87 bits per heavy atom. The lowest BCUT2D eigenvalue weighted by Gasteiger charge is -2.17. The highest BCUT2D eigenvalue weighted by molar-refractivity contribution is 5.98. The zero-order valence-electron chi connectivity index (χ0n) is 16.9. The van der Waals surface area contributed by atoms with Crippen molar-refractivity contribution in [3.8, 4) is 11.1 Å². The number of nitrogens with one attached hydrogen (secondary N) is 2. The fraction of sp³-hybridized carbons (Fsp3) is 0.200. The molecule has 5 nitrogen and oxygen atoms in total. The van der Waals surface area contributed by atoms with Crippen LogP contribution < -0.4 is 5.32 Å². The molecule has 0 aliphatic heterocycles. The largest absolute Gasteiger partial charge is 0.394 e. The fourth-order valence-corrected chi connectivity index (χ4v) is 3.79. The average molecular weight is 399 g/mol. The van der Waals surface area contributed by atoms with Crippen LogP contribution in [-0.4, -0.2) is 27.6 Å². The molecule has 0 aliphatic carbocycles. The second-order valence-corrected chi connectivity index (χ2v) is 7.34. The van der Waals surface area contributed by atoms with Crippen molar-refractivity contribution in [2.45, 2.75) is 25.8 Å². The summed E-state index contributed by atoms with van der Waals surface area (Å²) in [5, 5.41) is 13.7. The van der Waals surface area contributed by atoms with E-state index in [1.807, 2.05) is 67.0 Å². The molecule has 4 aromatic rings. The molecule has 2 aromatic carbocycles. The van der Waals surface area contributed by atoms with Gasteiger partial charge in [0.2, 0.25) is 0 Å². The van der Waals surface area contributed by atoms with Crippen LogP contribution in [0.3, 0.4) is 0 Å². The number of aryl methyl sites for hydroxylation is 1. The molecule has 0 aliphatic rings. The first-order valence-electron chi connectivity index (χ1n) is 10.2. The zero-order valence-corrected chi connectivity index (χ0v) is 16.9. The second kappa shape index (κ2) is 8.93. The number of fused-ring (bicyclic) bond motifs is 1. The number of nitrogens with zero attached hydrogens (tertiary/aromatic N) is 1. The Hall–Kier alpha value is -3.44. The zero-order chi connectivity index (χ0) is 20.9. The van der Waals surface area contributed by atoms with Gasteiger partial charge in [-0.25, -0.2) is 4.98 Å². The summed E-state index contributed by atoms with van der Waals surface area (Å²) in [4.78, 5) is 20.4. The third kappa shape index (κ3) is 3.98. The number of aromatic amines is 1. The van der Waals surface area contributed by atoms with E-state index in [1.54, 1.807) is 0 Å². The van der Waals surface area contributed by atoms with Gasteiger partial charge in [-0.1, -0.05) is 55.8 Å². The number of aliphatic hydroxyl groups excluding tert-OH is 1. The van der Waals surface area contributed by atoms with Crippen LogP contribution in [0.2, 0.25) is 0 Å². The number of rotatable bonds is 7. The summed E-state index contributed by atoms with van der Waals surface area (Å²) in [5.41, 5.74) is 5.70. The molecule has 2 heterocycles. The molecule has 1 atom stereocenters. The Bertz CT molecular complexity index is 1130. The molecule has 5 heteroatoms. The van der Waals surface area contributed by atoms with E-state index in [-0.39, 0.29) is 12.5 Å². The number of carbonyl (C=O) groups is 1. The maximum Gasteiger partial charge on any atom is 0.251 e. The molecule has 0 fully saturated rings. The number of aromatic nitrogens is 2. The number of pyridine rings is 1. The Morgan fingerprint density at radius 1 is 1.10 bits per heavy atom. The van der Waals surface area contributed by atoms with Gasteiger partial charge in [0, 0.05) is 28.9 Å². The van der Waals surface area contributed by atoms with Crippen molar-refractivity contribution in [2.75, 3.05) is 6.61 Å². The number of aliphatic hydroxyl groups is 1. The predicted octanol–water partition coefficient (Wildman–Crippen LogP) is 4.65. The van der Waals surface area contributed by atoms with Crippen molar-refractivity contribution in [3.05, 3.63) is 89.7 Å².